The van der Waals surface area contributed by atoms with Crippen molar-refractivity contribution < 1.29 is 4.79 Å². The van der Waals surface area contributed by atoms with Crippen molar-refractivity contribution in [3.63, 3.8) is 0 Å². The van der Waals surface area contributed by atoms with E-state index in [-0.39, 0.29) is 12.1 Å². The summed E-state index contributed by atoms with van der Waals surface area (Å²) >= 11 is 1.79. The Kier molecular flexibility index (Phi) is 4.34. The highest BCUT2D eigenvalue weighted by atomic mass is 32.1. The number of anilines is 1. The fourth-order valence-corrected chi connectivity index (χ4v) is 4.31. The summed E-state index contributed by atoms with van der Waals surface area (Å²) < 4.78 is 0. The van der Waals surface area contributed by atoms with Gasteiger partial charge in [-0.25, -0.2) is 14.8 Å². The van der Waals surface area contributed by atoms with Gasteiger partial charge in [-0.2, -0.15) is 0 Å². The number of thiophene rings is 1. The summed E-state index contributed by atoms with van der Waals surface area (Å²) in [5, 5.41) is 5.32. The molecular weight excluding hydrogens is 322 g/mol. The lowest BCUT2D eigenvalue weighted by Crippen LogP contribution is -2.52. The van der Waals surface area contributed by atoms with Gasteiger partial charge in [-0.15, -0.1) is 11.3 Å². The Balaban J connectivity index is 1.36. The quantitative estimate of drug-likeness (QED) is 0.909. The van der Waals surface area contributed by atoms with Crippen LogP contribution < -0.4 is 10.2 Å². The number of nitrogens with zero attached hydrogens (tertiary/aromatic N) is 4. The van der Waals surface area contributed by atoms with Crippen LogP contribution >= 0.6 is 11.3 Å². The maximum atomic E-state index is 12.6. The summed E-state index contributed by atoms with van der Waals surface area (Å²) in [5.41, 5.74) is 1.30. The van der Waals surface area contributed by atoms with Crippen molar-refractivity contribution >= 4 is 23.3 Å². The molecule has 2 aromatic heterocycles. The van der Waals surface area contributed by atoms with E-state index < -0.39 is 0 Å². The summed E-state index contributed by atoms with van der Waals surface area (Å²) in [7, 11) is 0. The molecule has 4 rings (SSSR count). The molecule has 2 aromatic rings. The molecule has 0 aliphatic carbocycles. The number of amides is 2. The van der Waals surface area contributed by atoms with Gasteiger partial charge in [0.2, 0.25) is 5.95 Å². The van der Waals surface area contributed by atoms with E-state index in [0.29, 0.717) is 0 Å². The zero-order chi connectivity index (χ0) is 16.4. The van der Waals surface area contributed by atoms with Crippen LogP contribution in [0.5, 0.6) is 0 Å². The summed E-state index contributed by atoms with van der Waals surface area (Å²) in [5.74, 6) is 0.748. The fourth-order valence-electron chi connectivity index (χ4n) is 3.42. The number of nitrogens with one attached hydrogen (secondary N) is 1. The molecule has 0 aromatic carbocycles. The molecule has 2 amide bonds. The van der Waals surface area contributed by atoms with Crippen LogP contribution in [0.4, 0.5) is 10.7 Å². The van der Waals surface area contributed by atoms with Gasteiger partial charge in [0.05, 0.1) is 0 Å². The van der Waals surface area contributed by atoms with Crippen LogP contribution in [0.2, 0.25) is 0 Å². The third-order valence-electron chi connectivity index (χ3n) is 4.68. The van der Waals surface area contributed by atoms with E-state index in [1.807, 2.05) is 11.0 Å². The van der Waals surface area contributed by atoms with Crippen molar-refractivity contribution in [2.75, 3.05) is 24.5 Å². The minimum Gasteiger partial charge on any atom is -0.339 e. The third-order valence-corrected chi connectivity index (χ3v) is 5.70. The predicted octanol–water partition coefficient (Wildman–Crippen LogP) is 2.27. The smallest absolute Gasteiger partial charge is 0.317 e. The molecule has 1 N–H and O–H groups in total. The van der Waals surface area contributed by atoms with Crippen LogP contribution in [-0.2, 0) is 13.0 Å². The average Bonchev–Trinajstić information content (AvgIpc) is 3.10. The molecule has 2 aliphatic heterocycles. The van der Waals surface area contributed by atoms with E-state index >= 15 is 0 Å². The van der Waals surface area contributed by atoms with Crippen LogP contribution in [0.15, 0.2) is 29.9 Å². The van der Waals surface area contributed by atoms with Gasteiger partial charge in [-0.05, 0) is 42.3 Å². The Morgan fingerprint density at radius 2 is 2.17 bits per heavy atom. The first-order valence-corrected chi connectivity index (χ1v) is 9.30. The van der Waals surface area contributed by atoms with Gasteiger partial charge in [0.25, 0.3) is 0 Å². The Morgan fingerprint density at radius 3 is 3.04 bits per heavy atom. The SMILES string of the molecule is O=C(NC1CCCN(c2ncccn2)C1)N1CCc2sccc2C1. The first-order chi connectivity index (χ1) is 11.8. The van der Waals surface area contributed by atoms with Crippen molar-refractivity contribution in [1.82, 2.24) is 20.2 Å². The number of fused-ring (bicyclic) bond motifs is 1. The standard InChI is InChI=1S/C17H21N5OS/c23-17(22-9-4-15-13(11-22)5-10-24-15)20-14-3-1-8-21(12-14)16-18-6-2-7-19-16/h2,5-7,10,14H,1,3-4,8-9,11-12H2,(H,20,23). The highest BCUT2D eigenvalue weighted by Gasteiger charge is 2.26. The van der Waals surface area contributed by atoms with Crippen LogP contribution in [0.3, 0.4) is 0 Å². The number of piperidine rings is 1. The first-order valence-electron chi connectivity index (χ1n) is 8.42. The topological polar surface area (TPSA) is 61.4 Å². The van der Waals surface area contributed by atoms with E-state index in [1.165, 1.54) is 10.4 Å². The Labute approximate surface area is 145 Å². The van der Waals surface area contributed by atoms with E-state index in [4.69, 9.17) is 0 Å². The van der Waals surface area contributed by atoms with Gasteiger partial charge < -0.3 is 15.1 Å². The van der Waals surface area contributed by atoms with Gasteiger partial charge in [0, 0.05) is 49.5 Å². The summed E-state index contributed by atoms with van der Waals surface area (Å²) in [6, 6.07) is 4.16. The monoisotopic (exact) mass is 343 g/mol. The highest BCUT2D eigenvalue weighted by Crippen LogP contribution is 2.24. The maximum absolute atomic E-state index is 12.6. The van der Waals surface area contributed by atoms with Gasteiger partial charge in [-0.1, -0.05) is 0 Å². The summed E-state index contributed by atoms with van der Waals surface area (Å²) in [6.07, 6.45) is 6.53. The molecule has 126 valence electrons. The Bertz CT molecular complexity index is 704. The highest BCUT2D eigenvalue weighted by molar-refractivity contribution is 7.10. The number of rotatable bonds is 2. The lowest BCUT2D eigenvalue weighted by Gasteiger charge is -2.35. The van der Waals surface area contributed by atoms with E-state index in [2.05, 4.69) is 31.6 Å². The van der Waals surface area contributed by atoms with E-state index in [9.17, 15) is 4.79 Å². The molecule has 6 nitrogen and oxygen atoms in total. The number of aromatic nitrogens is 2. The van der Waals surface area contributed by atoms with Gasteiger partial charge in [-0.3, -0.25) is 0 Å². The zero-order valence-electron chi connectivity index (χ0n) is 13.5. The van der Waals surface area contributed by atoms with Crippen molar-refractivity contribution in [3.8, 4) is 0 Å². The molecule has 0 radical (unpaired) electrons. The van der Waals surface area contributed by atoms with Crippen LogP contribution in [0.25, 0.3) is 0 Å². The normalized spacial score (nSPS) is 20.6. The molecule has 24 heavy (non-hydrogen) atoms. The summed E-state index contributed by atoms with van der Waals surface area (Å²) in [4.78, 5) is 26.7. The number of urea groups is 1. The average molecular weight is 343 g/mol. The minimum absolute atomic E-state index is 0.0488. The van der Waals surface area contributed by atoms with Gasteiger partial charge in [0.1, 0.15) is 0 Å². The number of hydrogen-bond acceptors (Lipinski definition) is 5. The molecule has 1 saturated heterocycles. The van der Waals surface area contributed by atoms with Crippen molar-refractivity contribution in [2.24, 2.45) is 0 Å². The van der Waals surface area contributed by atoms with Crippen LogP contribution in [-0.4, -0.2) is 46.6 Å². The van der Waals surface area contributed by atoms with Gasteiger partial charge in [0.15, 0.2) is 0 Å². The second-order valence-corrected chi connectivity index (χ2v) is 7.32. The minimum atomic E-state index is 0.0488. The molecule has 1 atom stereocenters. The molecule has 7 heteroatoms. The molecule has 0 bridgehead atoms. The van der Waals surface area contributed by atoms with Crippen molar-refractivity contribution in [1.29, 1.82) is 0 Å². The maximum Gasteiger partial charge on any atom is 0.317 e. The lowest BCUT2D eigenvalue weighted by molar-refractivity contribution is 0.187. The Hall–Kier alpha value is -2.15. The first kappa shape index (κ1) is 15.4. The second-order valence-electron chi connectivity index (χ2n) is 6.32. The number of hydrogen-bond donors (Lipinski definition) is 1. The molecule has 0 spiro atoms. The molecule has 1 unspecified atom stereocenters. The van der Waals surface area contributed by atoms with Crippen molar-refractivity contribution in [3.05, 3.63) is 40.3 Å². The van der Waals surface area contributed by atoms with E-state index in [0.717, 1.165) is 51.4 Å². The number of carbonyl (C=O) groups is 1. The third kappa shape index (κ3) is 3.21. The van der Waals surface area contributed by atoms with Crippen molar-refractivity contribution in [2.45, 2.75) is 31.8 Å². The Morgan fingerprint density at radius 1 is 1.29 bits per heavy atom. The fraction of sp³-hybridized carbons (Fsp3) is 0.471. The predicted molar refractivity (Wildman–Crippen MR) is 94.2 cm³/mol. The largest absolute Gasteiger partial charge is 0.339 e. The number of carbonyl (C=O) groups excluding carboxylic acids is 1. The molecule has 2 aliphatic rings. The molecule has 0 saturated carbocycles. The lowest BCUT2D eigenvalue weighted by atomic mass is 10.1. The van der Waals surface area contributed by atoms with Gasteiger partial charge >= 0.3 is 6.03 Å². The van der Waals surface area contributed by atoms with E-state index in [1.54, 1.807) is 23.7 Å². The molecule has 4 heterocycles. The summed E-state index contributed by atoms with van der Waals surface area (Å²) in [6.45, 7) is 3.24. The molecular formula is C17H21N5OS. The zero-order valence-corrected chi connectivity index (χ0v) is 14.3. The molecule has 1 fully saturated rings. The van der Waals surface area contributed by atoms with Crippen LogP contribution in [0.1, 0.15) is 23.3 Å². The van der Waals surface area contributed by atoms with Crippen LogP contribution in [0, 0.1) is 0 Å². The second kappa shape index (κ2) is 6.76.